The summed E-state index contributed by atoms with van der Waals surface area (Å²) in [7, 11) is 2.71. The average molecular weight is 670 g/mol. The van der Waals surface area contributed by atoms with Crippen molar-refractivity contribution in [1.82, 2.24) is 0 Å². The fraction of sp³-hybridized carbons (Fsp3) is 0.750. The summed E-state index contributed by atoms with van der Waals surface area (Å²) >= 11 is 3.03. The molecule has 12 heteroatoms. The summed E-state index contributed by atoms with van der Waals surface area (Å²) in [4.78, 5) is 20.0. The molecule has 0 saturated carbocycles. The fourth-order valence-corrected chi connectivity index (χ4v) is 0.467. The van der Waals surface area contributed by atoms with E-state index < -0.39 is 5.60 Å². The number of hydrogen-bond acceptors (Lipinski definition) is 5. The van der Waals surface area contributed by atoms with Gasteiger partial charge in [-0.1, -0.05) is 79.9 Å². The molecule has 1 atom stereocenters. The van der Waals surface area contributed by atoms with Crippen LogP contribution in [0.5, 0.6) is 0 Å². The zero-order chi connectivity index (χ0) is 16.1. The van der Waals surface area contributed by atoms with Crippen LogP contribution in [0.3, 0.4) is 0 Å². The van der Waals surface area contributed by atoms with Gasteiger partial charge in [-0.2, -0.15) is 13.8 Å². The summed E-state index contributed by atoms with van der Waals surface area (Å²) in [5.74, 6) is -0.519. The zero-order valence-electron chi connectivity index (χ0n) is 17.6. The first-order valence-corrected chi connectivity index (χ1v) is 6.59. The van der Waals surface area contributed by atoms with E-state index in [9.17, 15) is 9.59 Å². The van der Waals surface area contributed by atoms with Crippen molar-refractivity contribution in [2.45, 2.75) is 89.6 Å². The normalized spacial score (nSPS) is 6.41. The summed E-state index contributed by atoms with van der Waals surface area (Å²) in [5.41, 5.74) is -0.583. The van der Waals surface area contributed by atoms with Crippen LogP contribution in [-0.2, 0) is 84.5 Å². The van der Waals surface area contributed by atoms with Crippen molar-refractivity contribution in [3.05, 3.63) is 20.3 Å². The molecule has 0 aliphatic rings. The maximum Gasteiger partial charge on any atom is 1.00 e. The monoisotopic (exact) mass is 669 g/mol. The fourth-order valence-electron chi connectivity index (χ4n) is 0.280. The van der Waals surface area contributed by atoms with Gasteiger partial charge in [0, 0.05) is 90.7 Å². The van der Waals surface area contributed by atoms with Gasteiger partial charge in [0.15, 0.2) is 5.97 Å². The Labute approximate surface area is 282 Å². The molecule has 5 nitrogen and oxygen atoms in total. The number of esters is 2. The van der Waals surface area contributed by atoms with E-state index in [1.807, 2.05) is 6.92 Å². The van der Waals surface area contributed by atoms with E-state index >= 15 is 0 Å². The van der Waals surface area contributed by atoms with Crippen molar-refractivity contribution in [2.24, 2.45) is 0 Å². The van der Waals surface area contributed by atoms with Crippen LogP contribution >= 0.6 is 15.9 Å². The van der Waals surface area contributed by atoms with Crippen molar-refractivity contribution >= 4 is 53.1 Å². The molecule has 1 unspecified atom stereocenters. The number of methoxy groups -OCH3 is 2. The second-order valence-electron chi connectivity index (χ2n) is 3.89. The Bertz CT molecular complexity index is 262. The Morgan fingerprint density at radius 2 is 1.09 bits per heavy atom. The average Bonchev–Trinajstić information content (AvgIpc) is 2.37. The number of carbonyl (C=O) groups excluding carboxylic acids is 2. The zero-order valence-corrected chi connectivity index (χ0v) is 24.8. The van der Waals surface area contributed by atoms with E-state index in [0.717, 1.165) is 0 Å². The molecule has 0 aromatic heterocycles. The Morgan fingerprint density at radius 3 is 1.09 bits per heavy atom. The predicted octanol–water partition coefficient (Wildman–Crippen LogP) is 2.43. The van der Waals surface area contributed by atoms with Gasteiger partial charge in [-0.15, -0.1) is 0 Å². The van der Waals surface area contributed by atoms with E-state index in [1.165, 1.54) is 20.6 Å². The van der Waals surface area contributed by atoms with Crippen LogP contribution in [0.25, 0.3) is 0 Å². The molecule has 187 valence electrons. The van der Waals surface area contributed by atoms with Crippen molar-refractivity contribution in [3.63, 3.8) is 0 Å². The quantitative estimate of drug-likeness (QED) is 0.217. The molecule has 0 spiro atoms. The Kier molecular flexibility index (Phi) is 272. The van der Waals surface area contributed by atoms with Crippen LogP contribution < -0.4 is 18.9 Å². The second-order valence-corrected chi connectivity index (χ2v) is 5.27. The number of ether oxygens (including phenoxy) is 2. The van der Waals surface area contributed by atoms with Crippen LogP contribution in [0, 0.1) is 20.3 Å². The van der Waals surface area contributed by atoms with Gasteiger partial charge in [0.2, 0.25) is 0 Å². The molecule has 0 aromatic rings. The van der Waals surface area contributed by atoms with Gasteiger partial charge < -0.3 is 28.4 Å². The van der Waals surface area contributed by atoms with Crippen molar-refractivity contribution < 1.29 is 108 Å². The summed E-state index contributed by atoms with van der Waals surface area (Å²) in [6, 6.07) is 0. The van der Waals surface area contributed by atoms with Crippen LogP contribution in [0.1, 0.15) is 79.2 Å². The Morgan fingerprint density at radius 1 is 0.875 bits per heavy atom. The molecule has 0 rings (SSSR count). The molecular weight excluding hydrogens is 617 g/mol. The molecule has 11 radical (unpaired) electrons. The molecule has 0 aromatic carbocycles. The largest absolute Gasteiger partial charge is 1.00 e. The minimum absolute atomic E-state index is 0. The topological polar surface area (TPSA) is 72.8 Å². The van der Waals surface area contributed by atoms with Crippen molar-refractivity contribution in [1.29, 1.82) is 0 Å². The van der Waals surface area contributed by atoms with Gasteiger partial charge >= 0.3 is 24.8 Å². The molecule has 0 heterocycles. The molecule has 1 N–H and O–H groups in total. The van der Waals surface area contributed by atoms with E-state index in [2.05, 4.69) is 25.4 Å². The summed E-state index contributed by atoms with van der Waals surface area (Å²) in [6.45, 7) is 8.66. The Hall–Kier alpha value is 2.25. The molecule has 0 bridgehead atoms. The molecule has 0 aliphatic heterocycles. The summed E-state index contributed by atoms with van der Waals surface area (Å²) < 4.78 is 8.53. The van der Waals surface area contributed by atoms with E-state index in [0.29, 0.717) is 0 Å². The number of carbonyl (C=O) groups is 2. The number of aliphatic hydroxyl groups is 1. The van der Waals surface area contributed by atoms with Crippen LogP contribution in [-0.4, -0.2) is 66.9 Å². The van der Waals surface area contributed by atoms with Crippen LogP contribution in [0.15, 0.2) is 0 Å². The number of alkyl halides is 1. The second kappa shape index (κ2) is 76.6. The molecular formula is C20H52B3BrLiO5Y2-2. The molecule has 32 heavy (non-hydrogen) atoms. The third-order valence-electron chi connectivity index (χ3n) is 1.67. The summed E-state index contributed by atoms with van der Waals surface area (Å²) in [6.07, 6.45) is 3.10. The van der Waals surface area contributed by atoms with Gasteiger partial charge in [0.25, 0.3) is 0 Å². The van der Waals surface area contributed by atoms with Gasteiger partial charge in [0.1, 0.15) is 4.83 Å². The van der Waals surface area contributed by atoms with Crippen molar-refractivity contribution in [2.75, 3.05) is 14.2 Å². The first kappa shape index (κ1) is 114. The molecule has 0 amide bonds. The minimum atomic E-state index is -0.583. The Balaban J connectivity index is -0.00000000714. The number of rotatable bonds is 3. The number of hydrogen-bond donors (Lipinski definition) is 1. The van der Waals surface area contributed by atoms with Gasteiger partial charge in [0.05, 0.1) is 14.2 Å². The molecule has 0 fully saturated rings. The SMILES string of the molecule is C.C.C.C.C.C.COC(=O)C(C)Br.C[CH-]C(=O)OC.C[CH-]C(C)(C)O.[B].[B].[B].[CH3-].[Li+].[Y].[Y]. The number of halogens is 1. The standard InChI is InChI=1S/C5H11O.C4H7BrO2.C4H7O2.6CH4.CH3.3B.Li.2Y/c1-4-5(2,3)6;1-3(5)4(6)7-2;1-3-4(5)6-2;;;;;;;;;;;;;/h4,6H,1-3H3;3H,1-2H3;3H,1-2H3;6*1H4;1H3;;;;;;/q-1;;-1;;;;;;;-1;;;;+1;;. The van der Waals surface area contributed by atoms with Gasteiger partial charge in [-0.05, 0) is 6.92 Å². The predicted molar refractivity (Wildman–Crippen MR) is 143 cm³/mol. The maximum atomic E-state index is 10.2. The minimum Gasteiger partial charge on any atom is -0.491 e. The first-order valence-electron chi connectivity index (χ1n) is 5.67. The molecule has 0 saturated heterocycles. The van der Waals surface area contributed by atoms with E-state index in [4.69, 9.17) is 5.11 Å². The smallest absolute Gasteiger partial charge is 0.491 e. The van der Waals surface area contributed by atoms with Gasteiger partial charge in [-0.25, -0.2) is 0 Å². The van der Waals surface area contributed by atoms with E-state index in [-0.39, 0.29) is 178 Å². The van der Waals surface area contributed by atoms with Crippen molar-refractivity contribution in [3.8, 4) is 0 Å². The molecule has 0 aliphatic carbocycles. The first-order chi connectivity index (χ1) is 8.55. The van der Waals surface area contributed by atoms with E-state index in [1.54, 1.807) is 34.1 Å². The third-order valence-corrected chi connectivity index (χ3v) is 2.04. The van der Waals surface area contributed by atoms with Gasteiger partial charge in [-0.3, -0.25) is 16.0 Å². The van der Waals surface area contributed by atoms with Crippen LogP contribution in [0.2, 0.25) is 0 Å². The summed E-state index contributed by atoms with van der Waals surface area (Å²) in [5, 5.41) is 8.77. The third kappa shape index (κ3) is 135. The van der Waals surface area contributed by atoms with Crippen LogP contribution in [0.4, 0.5) is 0 Å². The maximum absolute atomic E-state index is 10.2.